The Labute approximate surface area is 97.1 Å². The van der Waals surface area contributed by atoms with Crippen molar-refractivity contribution in [3.63, 3.8) is 0 Å². The van der Waals surface area contributed by atoms with Gasteiger partial charge in [-0.1, -0.05) is 0 Å². The molecule has 1 heterocycles. The summed E-state index contributed by atoms with van der Waals surface area (Å²) in [4.78, 5) is 1.98. The SMILES string of the molecule is CC(Cn1cccn1)NCC(O)CN(C)C. The standard InChI is InChI=1S/C11H22N4O/c1-10(8-15-6-4-5-13-15)12-7-11(16)9-14(2)3/h4-6,10-12,16H,7-9H2,1-3H3. The smallest absolute Gasteiger partial charge is 0.0791 e. The second kappa shape index (κ2) is 6.62. The minimum atomic E-state index is -0.324. The molecule has 2 atom stereocenters. The van der Waals surface area contributed by atoms with E-state index in [4.69, 9.17) is 0 Å². The third kappa shape index (κ3) is 5.25. The van der Waals surface area contributed by atoms with Gasteiger partial charge in [0, 0.05) is 31.5 Å². The van der Waals surface area contributed by atoms with Crippen molar-refractivity contribution in [3.05, 3.63) is 18.5 Å². The summed E-state index contributed by atoms with van der Waals surface area (Å²) in [6.07, 6.45) is 3.39. The van der Waals surface area contributed by atoms with E-state index in [2.05, 4.69) is 17.3 Å². The van der Waals surface area contributed by atoms with Crippen molar-refractivity contribution in [1.82, 2.24) is 20.0 Å². The van der Waals surface area contributed by atoms with Crippen LogP contribution in [0, 0.1) is 0 Å². The van der Waals surface area contributed by atoms with Crippen LogP contribution in [0.4, 0.5) is 0 Å². The minimum absolute atomic E-state index is 0.303. The van der Waals surface area contributed by atoms with Crippen LogP contribution in [0.25, 0.3) is 0 Å². The van der Waals surface area contributed by atoms with Crippen molar-refractivity contribution in [1.29, 1.82) is 0 Å². The fourth-order valence-corrected chi connectivity index (χ4v) is 1.58. The Morgan fingerprint density at radius 2 is 2.25 bits per heavy atom. The van der Waals surface area contributed by atoms with Crippen LogP contribution in [-0.4, -0.2) is 59.1 Å². The van der Waals surface area contributed by atoms with E-state index in [0.717, 1.165) is 6.54 Å². The molecule has 0 spiro atoms. The first-order valence-corrected chi connectivity index (χ1v) is 5.61. The van der Waals surface area contributed by atoms with Crippen LogP contribution in [0.15, 0.2) is 18.5 Å². The highest BCUT2D eigenvalue weighted by atomic mass is 16.3. The fourth-order valence-electron chi connectivity index (χ4n) is 1.58. The molecular weight excluding hydrogens is 204 g/mol. The van der Waals surface area contributed by atoms with Crippen molar-refractivity contribution in [2.45, 2.75) is 25.6 Å². The molecule has 0 aliphatic rings. The summed E-state index contributed by atoms with van der Waals surface area (Å²) in [5.74, 6) is 0. The lowest BCUT2D eigenvalue weighted by molar-refractivity contribution is 0.131. The summed E-state index contributed by atoms with van der Waals surface area (Å²) in [5, 5.41) is 17.1. The first-order valence-electron chi connectivity index (χ1n) is 5.61. The van der Waals surface area contributed by atoms with Crippen LogP contribution in [0.3, 0.4) is 0 Å². The zero-order chi connectivity index (χ0) is 12.0. The lowest BCUT2D eigenvalue weighted by Gasteiger charge is -2.19. The maximum absolute atomic E-state index is 9.67. The fraction of sp³-hybridized carbons (Fsp3) is 0.727. The molecule has 5 heteroatoms. The van der Waals surface area contributed by atoms with Crippen molar-refractivity contribution in [3.8, 4) is 0 Å². The zero-order valence-electron chi connectivity index (χ0n) is 10.3. The largest absolute Gasteiger partial charge is 0.390 e. The lowest BCUT2D eigenvalue weighted by atomic mass is 10.3. The Hall–Kier alpha value is -0.910. The number of likely N-dealkylation sites (N-methyl/N-ethyl adjacent to an activating group) is 1. The molecule has 1 aromatic heterocycles. The van der Waals surface area contributed by atoms with E-state index in [1.165, 1.54) is 0 Å². The topological polar surface area (TPSA) is 53.3 Å². The number of nitrogens with zero attached hydrogens (tertiary/aromatic N) is 3. The van der Waals surface area contributed by atoms with Gasteiger partial charge in [-0.2, -0.15) is 5.10 Å². The predicted octanol–water partition coefficient (Wildman–Crippen LogP) is -0.216. The minimum Gasteiger partial charge on any atom is -0.390 e. The molecule has 92 valence electrons. The first kappa shape index (κ1) is 13.2. The van der Waals surface area contributed by atoms with Gasteiger partial charge in [0.15, 0.2) is 0 Å². The summed E-state index contributed by atoms with van der Waals surface area (Å²) in [6, 6.07) is 2.21. The average Bonchev–Trinajstić information content (AvgIpc) is 2.66. The molecule has 0 bridgehead atoms. The van der Waals surface area contributed by atoms with Crippen LogP contribution < -0.4 is 5.32 Å². The van der Waals surface area contributed by atoms with Crippen LogP contribution in [0.2, 0.25) is 0 Å². The van der Waals surface area contributed by atoms with E-state index >= 15 is 0 Å². The quantitative estimate of drug-likeness (QED) is 0.675. The third-order valence-electron chi connectivity index (χ3n) is 2.30. The van der Waals surface area contributed by atoms with E-state index in [9.17, 15) is 5.11 Å². The summed E-state index contributed by atoms with van der Waals surface area (Å²) in [6.45, 7) is 4.20. The highest BCUT2D eigenvalue weighted by Gasteiger charge is 2.08. The van der Waals surface area contributed by atoms with Crippen molar-refractivity contribution in [2.75, 3.05) is 27.2 Å². The summed E-state index contributed by atoms with van der Waals surface area (Å²) in [7, 11) is 3.91. The molecule has 2 N–H and O–H groups in total. The normalized spacial score (nSPS) is 15.3. The summed E-state index contributed by atoms with van der Waals surface area (Å²) < 4.78 is 1.88. The van der Waals surface area contributed by atoms with Gasteiger partial charge in [0.2, 0.25) is 0 Å². The number of hydrogen-bond acceptors (Lipinski definition) is 4. The van der Waals surface area contributed by atoms with Crippen LogP contribution in [-0.2, 0) is 6.54 Å². The number of aliphatic hydroxyl groups excluding tert-OH is 1. The van der Waals surface area contributed by atoms with Crippen molar-refractivity contribution < 1.29 is 5.11 Å². The zero-order valence-corrected chi connectivity index (χ0v) is 10.3. The van der Waals surface area contributed by atoms with Gasteiger partial charge in [-0.15, -0.1) is 0 Å². The molecule has 1 rings (SSSR count). The Balaban J connectivity index is 2.17. The Kier molecular flexibility index (Phi) is 5.45. The van der Waals surface area contributed by atoms with Crippen LogP contribution in [0.1, 0.15) is 6.92 Å². The molecule has 16 heavy (non-hydrogen) atoms. The summed E-state index contributed by atoms with van der Waals surface area (Å²) in [5.41, 5.74) is 0. The highest BCUT2D eigenvalue weighted by molar-refractivity contribution is 4.79. The van der Waals surface area contributed by atoms with Crippen molar-refractivity contribution in [2.24, 2.45) is 0 Å². The number of aliphatic hydroxyl groups is 1. The maximum Gasteiger partial charge on any atom is 0.0791 e. The molecule has 0 saturated carbocycles. The number of rotatable bonds is 7. The van der Waals surface area contributed by atoms with E-state index in [-0.39, 0.29) is 6.10 Å². The third-order valence-corrected chi connectivity index (χ3v) is 2.30. The van der Waals surface area contributed by atoms with Gasteiger partial charge >= 0.3 is 0 Å². The molecule has 0 aliphatic carbocycles. The molecule has 0 saturated heterocycles. The molecule has 1 aromatic rings. The maximum atomic E-state index is 9.67. The number of nitrogens with one attached hydrogen (secondary N) is 1. The van der Waals surface area contributed by atoms with Gasteiger partial charge in [-0.3, -0.25) is 4.68 Å². The molecule has 2 unspecified atom stereocenters. The van der Waals surface area contributed by atoms with Crippen LogP contribution in [0.5, 0.6) is 0 Å². The molecule has 5 nitrogen and oxygen atoms in total. The average molecular weight is 226 g/mol. The first-order chi connectivity index (χ1) is 7.58. The van der Waals surface area contributed by atoms with Crippen LogP contribution >= 0.6 is 0 Å². The molecule has 0 amide bonds. The van der Waals surface area contributed by atoms with Gasteiger partial charge in [-0.25, -0.2) is 0 Å². The monoisotopic (exact) mass is 226 g/mol. The van der Waals surface area contributed by atoms with Gasteiger partial charge in [0.05, 0.1) is 12.6 Å². The second-order valence-electron chi connectivity index (χ2n) is 4.45. The second-order valence-corrected chi connectivity index (χ2v) is 4.45. The molecule has 0 radical (unpaired) electrons. The predicted molar refractivity (Wildman–Crippen MR) is 64.3 cm³/mol. The number of aromatic nitrogens is 2. The molecule has 0 aliphatic heterocycles. The Morgan fingerprint density at radius 1 is 1.50 bits per heavy atom. The van der Waals surface area contributed by atoms with Gasteiger partial charge < -0.3 is 15.3 Å². The summed E-state index contributed by atoms with van der Waals surface area (Å²) >= 11 is 0. The van der Waals surface area contributed by atoms with E-state index in [0.29, 0.717) is 19.1 Å². The van der Waals surface area contributed by atoms with E-state index < -0.39 is 0 Å². The molecule has 0 fully saturated rings. The lowest BCUT2D eigenvalue weighted by Crippen LogP contribution is -2.40. The van der Waals surface area contributed by atoms with Gasteiger partial charge in [-0.05, 0) is 27.1 Å². The highest BCUT2D eigenvalue weighted by Crippen LogP contribution is 1.92. The van der Waals surface area contributed by atoms with Gasteiger partial charge in [0.25, 0.3) is 0 Å². The Morgan fingerprint density at radius 3 is 2.81 bits per heavy atom. The Bertz CT molecular complexity index is 274. The number of hydrogen-bond donors (Lipinski definition) is 2. The van der Waals surface area contributed by atoms with Crippen molar-refractivity contribution >= 4 is 0 Å². The van der Waals surface area contributed by atoms with E-state index in [1.807, 2.05) is 35.9 Å². The molecule has 0 aromatic carbocycles. The van der Waals surface area contributed by atoms with E-state index in [1.54, 1.807) is 6.20 Å². The van der Waals surface area contributed by atoms with Gasteiger partial charge in [0.1, 0.15) is 0 Å². The molecular formula is C11H22N4O.